The largest absolute Gasteiger partial charge is 0.383 e. The number of rotatable bonds is 4. The molecule has 0 aliphatic rings. The maximum atomic E-state index is 6.16. The van der Waals surface area contributed by atoms with E-state index in [1.807, 2.05) is 5.38 Å². The fraction of sp³-hybridized carbons (Fsp3) is 0. The molecule has 0 bridgehead atoms. The van der Waals surface area contributed by atoms with E-state index in [4.69, 9.17) is 11.5 Å². The molecule has 3 rings (SSSR count). The van der Waals surface area contributed by atoms with Crippen LogP contribution in [-0.2, 0) is 0 Å². The lowest BCUT2D eigenvalue weighted by Gasteiger charge is -2.11. The molecule has 9 heteroatoms. The third-order valence-corrected chi connectivity index (χ3v) is 3.74. The molecule has 116 valence electrons. The van der Waals surface area contributed by atoms with Crippen molar-refractivity contribution in [1.82, 2.24) is 24.5 Å². The second kappa shape index (κ2) is 6.28. The summed E-state index contributed by atoms with van der Waals surface area (Å²) in [5, 5.41) is 10.7. The Balaban J connectivity index is 2.07. The van der Waals surface area contributed by atoms with Gasteiger partial charge in [-0.2, -0.15) is 15.2 Å². The fourth-order valence-electron chi connectivity index (χ4n) is 1.91. The van der Waals surface area contributed by atoms with Gasteiger partial charge < -0.3 is 11.5 Å². The minimum Gasteiger partial charge on any atom is -0.383 e. The molecular formula is C14H14N8S. The predicted octanol–water partition coefficient (Wildman–Crippen LogP) is 1.20. The summed E-state index contributed by atoms with van der Waals surface area (Å²) in [7, 11) is 0. The van der Waals surface area contributed by atoms with Gasteiger partial charge in [-0.05, 0) is 12.1 Å². The first-order chi connectivity index (χ1) is 11.2. The molecule has 0 unspecified atom stereocenters. The average molecular weight is 326 g/mol. The lowest BCUT2D eigenvalue weighted by molar-refractivity contribution is 0.907. The number of nitrogens with two attached hydrogens (primary N) is 2. The van der Waals surface area contributed by atoms with E-state index in [0.717, 1.165) is 0 Å². The maximum absolute atomic E-state index is 6.16. The molecule has 0 radical (unpaired) electrons. The Morgan fingerprint density at radius 3 is 2.35 bits per heavy atom. The molecular weight excluding hydrogens is 312 g/mol. The van der Waals surface area contributed by atoms with Crippen molar-refractivity contribution in [3.05, 3.63) is 65.9 Å². The second-order valence-electron chi connectivity index (χ2n) is 4.42. The van der Waals surface area contributed by atoms with E-state index in [9.17, 15) is 0 Å². The molecule has 0 aliphatic heterocycles. The van der Waals surface area contributed by atoms with Gasteiger partial charge in [-0.15, -0.1) is 11.3 Å². The van der Waals surface area contributed by atoms with Crippen molar-refractivity contribution < 1.29 is 0 Å². The number of allylic oxidation sites excluding steroid dienone is 2. The van der Waals surface area contributed by atoms with Crippen LogP contribution >= 0.6 is 11.3 Å². The number of aromatic nitrogens is 5. The molecule has 0 spiro atoms. The minimum atomic E-state index is 0.148. The molecule has 0 fully saturated rings. The van der Waals surface area contributed by atoms with Crippen LogP contribution in [-0.4, -0.2) is 30.5 Å². The lowest BCUT2D eigenvalue weighted by atomic mass is 10.2. The van der Waals surface area contributed by atoms with Gasteiger partial charge in [-0.25, -0.2) is 14.3 Å². The van der Waals surface area contributed by atoms with Crippen molar-refractivity contribution in [2.24, 2.45) is 16.5 Å². The highest BCUT2D eigenvalue weighted by molar-refractivity contribution is 7.10. The second-order valence-corrected chi connectivity index (χ2v) is 5.31. The SMILES string of the molecule is C=C(/C(=C(N)\N=C(/N)n1cccn1)c1nccs1)n1cccn1. The van der Waals surface area contributed by atoms with E-state index in [2.05, 4.69) is 26.8 Å². The first-order valence-electron chi connectivity index (χ1n) is 6.60. The third kappa shape index (κ3) is 3.04. The van der Waals surface area contributed by atoms with Crippen LogP contribution in [0.4, 0.5) is 0 Å². The highest BCUT2D eigenvalue weighted by atomic mass is 32.1. The monoisotopic (exact) mass is 326 g/mol. The number of thiazole rings is 1. The molecule has 3 aromatic heterocycles. The van der Waals surface area contributed by atoms with Crippen LogP contribution in [0.3, 0.4) is 0 Å². The third-order valence-electron chi connectivity index (χ3n) is 2.95. The average Bonchev–Trinajstić information content (AvgIpc) is 3.29. The Morgan fingerprint density at radius 2 is 1.78 bits per heavy atom. The van der Waals surface area contributed by atoms with Gasteiger partial charge >= 0.3 is 0 Å². The number of hydrogen-bond donors (Lipinski definition) is 2. The van der Waals surface area contributed by atoms with Crippen LogP contribution in [0.15, 0.2) is 65.9 Å². The Morgan fingerprint density at radius 1 is 1.09 bits per heavy atom. The fourth-order valence-corrected chi connectivity index (χ4v) is 2.62. The van der Waals surface area contributed by atoms with Crippen LogP contribution < -0.4 is 11.5 Å². The van der Waals surface area contributed by atoms with Crippen LogP contribution in [0.25, 0.3) is 11.3 Å². The van der Waals surface area contributed by atoms with Gasteiger partial charge in [-0.3, -0.25) is 0 Å². The molecule has 3 aromatic rings. The van der Waals surface area contributed by atoms with Crippen molar-refractivity contribution >= 4 is 28.6 Å². The van der Waals surface area contributed by atoms with Gasteiger partial charge in [0.15, 0.2) is 0 Å². The lowest BCUT2D eigenvalue weighted by Crippen LogP contribution is -2.24. The molecule has 23 heavy (non-hydrogen) atoms. The number of nitrogens with zero attached hydrogens (tertiary/aromatic N) is 6. The Bertz CT molecular complexity index is 841. The Kier molecular flexibility index (Phi) is 4.02. The van der Waals surface area contributed by atoms with Crippen molar-refractivity contribution in [1.29, 1.82) is 0 Å². The quantitative estimate of drug-likeness (QED) is 0.425. The highest BCUT2D eigenvalue weighted by Gasteiger charge is 2.16. The summed E-state index contributed by atoms with van der Waals surface area (Å²) in [5.41, 5.74) is 13.2. The van der Waals surface area contributed by atoms with Crippen molar-refractivity contribution in [2.45, 2.75) is 0 Å². The topological polar surface area (TPSA) is 113 Å². The smallest absolute Gasteiger partial charge is 0.223 e. The Labute approximate surface area is 136 Å². The molecule has 0 atom stereocenters. The van der Waals surface area contributed by atoms with Crippen molar-refractivity contribution in [3.63, 3.8) is 0 Å². The van der Waals surface area contributed by atoms with Gasteiger partial charge in [0, 0.05) is 36.4 Å². The molecule has 0 amide bonds. The first-order valence-corrected chi connectivity index (χ1v) is 7.48. The molecule has 0 aliphatic carbocycles. The molecule has 0 saturated carbocycles. The van der Waals surface area contributed by atoms with E-state index in [-0.39, 0.29) is 11.8 Å². The van der Waals surface area contributed by atoms with E-state index in [1.54, 1.807) is 47.8 Å². The summed E-state index contributed by atoms with van der Waals surface area (Å²) in [4.78, 5) is 8.51. The van der Waals surface area contributed by atoms with Crippen molar-refractivity contribution in [3.8, 4) is 0 Å². The van der Waals surface area contributed by atoms with E-state index in [1.165, 1.54) is 16.0 Å². The highest BCUT2D eigenvalue weighted by Crippen LogP contribution is 2.28. The molecule has 0 saturated heterocycles. The molecule has 8 nitrogen and oxygen atoms in total. The number of hydrogen-bond acceptors (Lipinski definition) is 6. The van der Waals surface area contributed by atoms with Gasteiger partial charge in [0.1, 0.15) is 10.8 Å². The zero-order valence-electron chi connectivity index (χ0n) is 12.1. The van der Waals surface area contributed by atoms with Crippen LogP contribution in [0.5, 0.6) is 0 Å². The van der Waals surface area contributed by atoms with Crippen molar-refractivity contribution in [2.75, 3.05) is 0 Å². The van der Waals surface area contributed by atoms with Gasteiger partial charge in [-0.1, -0.05) is 6.58 Å². The van der Waals surface area contributed by atoms with Crippen LogP contribution in [0, 0.1) is 0 Å². The summed E-state index contributed by atoms with van der Waals surface area (Å²) in [6.07, 6.45) is 8.39. The zero-order valence-corrected chi connectivity index (χ0v) is 12.9. The summed E-state index contributed by atoms with van der Waals surface area (Å²) in [6, 6.07) is 3.54. The molecule has 3 heterocycles. The van der Waals surface area contributed by atoms with Crippen LogP contribution in [0.1, 0.15) is 5.01 Å². The van der Waals surface area contributed by atoms with E-state index >= 15 is 0 Å². The van der Waals surface area contributed by atoms with Gasteiger partial charge in [0.25, 0.3) is 0 Å². The van der Waals surface area contributed by atoms with Crippen LogP contribution in [0.2, 0.25) is 0 Å². The number of aliphatic imine (C=N–C) groups is 1. The zero-order chi connectivity index (χ0) is 16.2. The summed E-state index contributed by atoms with van der Waals surface area (Å²) in [5.74, 6) is 0.336. The summed E-state index contributed by atoms with van der Waals surface area (Å²) in [6.45, 7) is 4.04. The summed E-state index contributed by atoms with van der Waals surface area (Å²) < 4.78 is 3.02. The maximum Gasteiger partial charge on any atom is 0.223 e. The normalized spacial score (nSPS) is 13.0. The van der Waals surface area contributed by atoms with Gasteiger partial charge in [0.2, 0.25) is 5.96 Å². The Hall–Kier alpha value is -3.20. The molecule has 0 aromatic carbocycles. The van der Waals surface area contributed by atoms with Gasteiger partial charge in [0.05, 0.1) is 11.3 Å². The minimum absolute atomic E-state index is 0.148. The van der Waals surface area contributed by atoms with E-state index < -0.39 is 0 Å². The first kappa shape index (κ1) is 14.7. The summed E-state index contributed by atoms with van der Waals surface area (Å²) >= 11 is 1.43. The van der Waals surface area contributed by atoms with E-state index in [0.29, 0.717) is 16.3 Å². The predicted molar refractivity (Wildman–Crippen MR) is 90.0 cm³/mol. The molecule has 4 N–H and O–H groups in total. The standard InChI is InChI=1S/C14H14N8S/c1-10(21-7-2-4-18-21)11(13-17-6-9-23-13)12(15)20-14(16)22-8-3-5-19-22/h2-9H,1,15H2,(H2,16,20)/b12-11+.